The van der Waals surface area contributed by atoms with E-state index < -0.39 is 0 Å². The SMILES string of the molecule is CCc1ccc(CNC(=NC)N2CCCC3(CNC(=O)C3)C2)s1.I. The van der Waals surface area contributed by atoms with Crippen molar-refractivity contribution in [1.82, 2.24) is 15.5 Å². The third kappa shape index (κ3) is 4.41. The van der Waals surface area contributed by atoms with Crippen LogP contribution in [0.1, 0.15) is 35.9 Å². The minimum Gasteiger partial charge on any atom is -0.355 e. The van der Waals surface area contributed by atoms with Gasteiger partial charge >= 0.3 is 0 Å². The van der Waals surface area contributed by atoms with Gasteiger partial charge in [-0.25, -0.2) is 0 Å². The molecule has 2 N–H and O–H groups in total. The summed E-state index contributed by atoms with van der Waals surface area (Å²) < 4.78 is 0. The fourth-order valence-electron chi connectivity index (χ4n) is 3.63. The van der Waals surface area contributed by atoms with E-state index in [4.69, 9.17) is 0 Å². The molecule has 2 aliphatic heterocycles. The van der Waals surface area contributed by atoms with Crippen molar-refractivity contribution in [1.29, 1.82) is 0 Å². The lowest BCUT2D eigenvalue weighted by atomic mass is 9.79. The zero-order valence-electron chi connectivity index (χ0n) is 14.4. The number of rotatable bonds is 3. The van der Waals surface area contributed by atoms with E-state index in [0.29, 0.717) is 6.42 Å². The molecule has 134 valence electrons. The highest BCUT2D eigenvalue weighted by Crippen LogP contribution is 2.36. The van der Waals surface area contributed by atoms with Gasteiger partial charge in [0.15, 0.2) is 5.96 Å². The Morgan fingerprint density at radius 2 is 2.25 bits per heavy atom. The largest absolute Gasteiger partial charge is 0.355 e. The number of guanidine groups is 1. The second-order valence-electron chi connectivity index (χ2n) is 6.60. The van der Waals surface area contributed by atoms with Crippen molar-refractivity contribution in [3.8, 4) is 0 Å². The van der Waals surface area contributed by atoms with Gasteiger partial charge in [-0.2, -0.15) is 0 Å². The van der Waals surface area contributed by atoms with Crippen molar-refractivity contribution >= 4 is 47.2 Å². The van der Waals surface area contributed by atoms with E-state index in [1.54, 1.807) is 0 Å². The normalized spacial score (nSPS) is 24.0. The number of carbonyl (C=O) groups excluding carboxylic acids is 1. The van der Waals surface area contributed by atoms with Crippen LogP contribution in [0, 0.1) is 5.41 Å². The standard InChI is InChI=1S/C17H26N4OS.HI/c1-3-13-5-6-14(23-13)10-19-16(18-2)21-8-4-7-17(12-21)9-15(22)20-11-17;/h5-6H,3-4,7-12H2,1-2H3,(H,18,19)(H,20,22);1H. The number of likely N-dealkylation sites (tertiary alicyclic amines) is 1. The summed E-state index contributed by atoms with van der Waals surface area (Å²) in [6.07, 6.45) is 4.00. The number of amides is 1. The number of thiophene rings is 1. The maximum Gasteiger partial charge on any atom is 0.220 e. The molecule has 0 bridgehead atoms. The molecule has 0 aromatic carbocycles. The summed E-state index contributed by atoms with van der Waals surface area (Å²) >= 11 is 1.86. The summed E-state index contributed by atoms with van der Waals surface area (Å²) in [5.74, 6) is 1.15. The van der Waals surface area contributed by atoms with Crippen LogP contribution in [-0.2, 0) is 17.8 Å². The van der Waals surface area contributed by atoms with Crippen LogP contribution in [0.4, 0.5) is 0 Å². The molecule has 2 saturated heterocycles. The fourth-order valence-corrected chi connectivity index (χ4v) is 4.53. The highest BCUT2D eigenvalue weighted by atomic mass is 127. The van der Waals surface area contributed by atoms with Gasteiger partial charge in [-0.15, -0.1) is 35.3 Å². The minimum atomic E-state index is 0. The number of carbonyl (C=O) groups is 1. The third-order valence-corrected chi connectivity index (χ3v) is 6.08. The number of hydrogen-bond acceptors (Lipinski definition) is 3. The van der Waals surface area contributed by atoms with Crippen molar-refractivity contribution in [2.24, 2.45) is 10.4 Å². The number of aryl methyl sites for hydroxylation is 1. The van der Waals surface area contributed by atoms with Crippen LogP contribution >= 0.6 is 35.3 Å². The Balaban J connectivity index is 0.00000208. The van der Waals surface area contributed by atoms with Crippen LogP contribution in [0.15, 0.2) is 17.1 Å². The Morgan fingerprint density at radius 3 is 2.88 bits per heavy atom. The summed E-state index contributed by atoms with van der Waals surface area (Å²) in [5.41, 5.74) is 0.102. The van der Waals surface area contributed by atoms with Gasteiger partial charge in [0, 0.05) is 48.3 Å². The fraction of sp³-hybridized carbons (Fsp3) is 0.647. The van der Waals surface area contributed by atoms with E-state index in [1.807, 2.05) is 18.4 Å². The second-order valence-corrected chi connectivity index (χ2v) is 7.85. The summed E-state index contributed by atoms with van der Waals surface area (Å²) in [6.45, 7) is 5.74. The molecule has 1 atom stereocenters. The lowest BCUT2D eigenvalue weighted by molar-refractivity contribution is -0.119. The van der Waals surface area contributed by atoms with Crippen LogP contribution in [0.2, 0.25) is 0 Å². The van der Waals surface area contributed by atoms with Crippen molar-refractivity contribution in [2.45, 2.75) is 39.2 Å². The number of aliphatic imine (C=N–C) groups is 1. The minimum absolute atomic E-state index is 0. The topological polar surface area (TPSA) is 56.7 Å². The van der Waals surface area contributed by atoms with Gasteiger partial charge in [-0.3, -0.25) is 9.79 Å². The lowest BCUT2D eigenvalue weighted by Gasteiger charge is -2.40. The van der Waals surface area contributed by atoms with Crippen LogP contribution in [0.3, 0.4) is 0 Å². The number of hydrogen-bond donors (Lipinski definition) is 2. The van der Waals surface area contributed by atoms with Crippen LogP contribution in [0.5, 0.6) is 0 Å². The third-order valence-electron chi connectivity index (χ3n) is 4.86. The molecule has 0 aliphatic carbocycles. The quantitative estimate of drug-likeness (QED) is 0.413. The van der Waals surface area contributed by atoms with Gasteiger partial charge in [0.05, 0.1) is 6.54 Å². The van der Waals surface area contributed by atoms with E-state index >= 15 is 0 Å². The first kappa shape index (κ1) is 19.5. The molecule has 7 heteroatoms. The predicted octanol–water partition coefficient (Wildman–Crippen LogP) is 2.61. The first-order valence-electron chi connectivity index (χ1n) is 8.44. The Kier molecular flexibility index (Phi) is 6.91. The first-order chi connectivity index (χ1) is 11.1. The van der Waals surface area contributed by atoms with Gasteiger partial charge in [-0.05, 0) is 31.4 Å². The van der Waals surface area contributed by atoms with Crippen molar-refractivity contribution in [3.63, 3.8) is 0 Å². The molecule has 0 radical (unpaired) electrons. The molecule has 3 heterocycles. The van der Waals surface area contributed by atoms with Gasteiger partial charge in [-0.1, -0.05) is 6.92 Å². The molecule has 1 unspecified atom stereocenters. The summed E-state index contributed by atoms with van der Waals surface area (Å²) in [7, 11) is 1.84. The van der Waals surface area contributed by atoms with E-state index in [-0.39, 0.29) is 35.3 Å². The molecule has 1 amide bonds. The van der Waals surface area contributed by atoms with Gasteiger partial charge < -0.3 is 15.5 Å². The average Bonchev–Trinajstić information content (AvgIpc) is 3.15. The van der Waals surface area contributed by atoms with Crippen molar-refractivity contribution < 1.29 is 4.79 Å². The zero-order valence-corrected chi connectivity index (χ0v) is 17.6. The van der Waals surface area contributed by atoms with Crippen molar-refractivity contribution in [3.05, 3.63) is 21.9 Å². The molecule has 24 heavy (non-hydrogen) atoms. The molecular weight excluding hydrogens is 435 g/mol. The van der Waals surface area contributed by atoms with Gasteiger partial charge in [0.25, 0.3) is 0 Å². The highest BCUT2D eigenvalue weighted by molar-refractivity contribution is 14.0. The van der Waals surface area contributed by atoms with E-state index in [2.05, 4.69) is 39.6 Å². The molecule has 0 saturated carbocycles. The van der Waals surface area contributed by atoms with E-state index in [0.717, 1.165) is 51.4 Å². The molecular formula is C17H27IN4OS. The molecule has 1 aromatic heterocycles. The van der Waals surface area contributed by atoms with Gasteiger partial charge in [0.1, 0.15) is 0 Å². The zero-order chi connectivity index (χ0) is 16.3. The molecule has 5 nitrogen and oxygen atoms in total. The Labute approximate surface area is 165 Å². The van der Waals surface area contributed by atoms with E-state index in [1.165, 1.54) is 9.75 Å². The maximum atomic E-state index is 11.6. The smallest absolute Gasteiger partial charge is 0.220 e. The number of piperidine rings is 1. The van der Waals surface area contributed by atoms with Crippen LogP contribution in [0.25, 0.3) is 0 Å². The lowest BCUT2D eigenvalue weighted by Crippen LogP contribution is -2.51. The van der Waals surface area contributed by atoms with E-state index in [9.17, 15) is 4.79 Å². The van der Waals surface area contributed by atoms with Crippen molar-refractivity contribution in [2.75, 3.05) is 26.7 Å². The summed E-state index contributed by atoms with van der Waals surface area (Å²) in [4.78, 5) is 21.2. The molecule has 1 aromatic rings. The maximum absolute atomic E-state index is 11.6. The van der Waals surface area contributed by atoms with Crippen LogP contribution in [-0.4, -0.2) is 43.4 Å². The second kappa shape index (κ2) is 8.51. The predicted molar refractivity (Wildman–Crippen MR) is 110 cm³/mol. The summed E-state index contributed by atoms with van der Waals surface area (Å²) in [5, 5.41) is 6.49. The molecule has 3 rings (SSSR count). The molecule has 2 fully saturated rings. The first-order valence-corrected chi connectivity index (χ1v) is 9.26. The van der Waals surface area contributed by atoms with Crippen LogP contribution < -0.4 is 10.6 Å². The average molecular weight is 462 g/mol. The molecule has 2 aliphatic rings. The monoisotopic (exact) mass is 462 g/mol. The Morgan fingerprint density at radius 1 is 1.46 bits per heavy atom. The Hall–Kier alpha value is -0.830. The molecule has 1 spiro atoms. The number of nitrogens with zero attached hydrogens (tertiary/aromatic N) is 2. The van der Waals surface area contributed by atoms with Gasteiger partial charge in [0.2, 0.25) is 5.91 Å². The number of nitrogens with one attached hydrogen (secondary N) is 2. The summed E-state index contributed by atoms with van der Waals surface area (Å²) in [6, 6.07) is 4.40. The highest BCUT2D eigenvalue weighted by Gasteiger charge is 2.42. The Bertz CT molecular complexity index is 603. The number of halogens is 1.